The number of hydrogen-bond acceptors (Lipinski definition) is 4. The summed E-state index contributed by atoms with van der Waals surface area (Å²) in [5.74, 6) is -0.347. The highest BCUT2D eigenvalue weighted by atomic mass is 16.5. The Kier molecular flexibility index (Phi) is 5.17. The molecule has 5 heteroatoms. The molecular weight excluding hydrogens is 234 g/mol. The van der Waals surface area contributed by atoms with Crippen molar-refractivity contribution in [2.75, 3.05) is 14.2 Å². The van der Waals surface area contributed by atoms with Crippen LogP contribution in [0.5, 0.6) is 5.75 Å². The van der Waals surface area contributed by atoms with Crippen molar-refractivity contribution in [3.63, 3.8) is 0 Å². The van der Waals surface area contributed by atoms with Gasteiger partial charge in [0.15, 0.2) is 0 Å². The molecule has 1 N–H and O–H groups in total. The second-order valence-electron chi connectivity index (χ2n) is 3.66. The van der Waals surface area contributed by atoms with Gasteiger partial charge in [-0.2, -0.15) is 0 Å². The lowest BCUT2D eigenvalue weighted by Crippen LogP contribution is -2.41. The normalized spacial score (nSPS) is 11.5. The van der Waals surface area contributed by atoms with E-state index < -0.39 is 12.0 Å². The van der Waals surface area contributed by atoms with Crippen molar-refractivity contribution in [2.24, 2.45) is 0 Å². The first kappa shape index (κ1) is 14.0. The van der Waals surface area contributed by atoms with Gasteiger partial charge in [-0.1, -0.05) is 19.1 Å². The van der Waals surface area contributed by atoms with Gasteiger partial charge in [0.25, 0.3) is 5.91 Å². The summed E-state index contributed by atoms with van der Waals surface area (Å²) in [5.41, 5.74) is 0.391. The number of hydrogen-bond donors (Lipinski definition) is 1. The minimum absolute atomic E-state index is 0.357. The summed E-state index contributed by atoms with van der Waals surface area (Å²) < 4.78 is 9.70. The number of amides is 1. The molecule has 0 saturated carbocycles. The second-order valence-corrected chi connectivity index (χ2v) is 3.66. The van der Waals surface area contributed by atoms with Crippen molar-refractivity contribution in [1.29, 1.82) is 0 Å². The number of carbonyl (C=O) groups excluding carboxylic acids is 2. The first-order valence-corrected chi connectivity index (χ1v) is 5.65. The highest BCUT2D eigenvalue weighted by Crippen LogP contribution is 2.17. The van der Waals surface area contributed by atoms with Crippen molar-refractivity contribution in [1.82, 2.24) is 5.32 Å². The molecule has 1 rings (SSSR count). The van der Waals surface area contributed by atoms with Gasteiger partial charge >= 0.3 is 5.97 Å². The van der Waals surface area contributed by atoms with Crippen LogP contribution in [-0.2, 0) is 9.53 Å². The van der Waals surface area contributed by atoms with Gasteiger partial charge in [-0.25, -0.2) is 4.79 Å². The Hall–Kier alpha value is -2.04. The van der Waals surface area contributed by atoms with Gasteiger partial charge < -0.3 is 14.8 Å². The Bertz CT molecular complexity index is 431. The quantitative estimate of drug-likeness (QED) is 0.803. The highest BCUT2D eigenvalue weighted by Gasteiger charge is 2.21. The average molecular weight is 251 g/mol. The van der Waals surface area contributed by atoms with E-state index in [1.54, 1.807) is 31.2 Å². The number of benzene rings is 1. The first-order chi connectivity index (χ1) is 8.63. The number of rotatable bonds is 5. The van der Waals surface area contributed by atoms with E-state index in [9.17, 15) is 9.59 Å². The molecule has 1 atom stereocenters. The summed E-state index contributed by atoms with van der Waals surface area (Å²) >= 11 is 0. The zero-order valence-electron chi connectivity index (χ0n) is 10.7. The van der Waals surface area contributed by atoms with Gasteiger partial charge in [0.2, 0.25) is 0 Å². The molecule has 0 fully saturated rings. The smallest absolute Gasteiger partial charge is 0.328 e. The Morgan fingerprint density at radius 1 is 1.28 bits per heavy atom. The molecule has 18 heavy (non-hydrogen) atoms. The number of esters is 1. The molecule has 1 aromatic carbocycles. The van der Waals surface area contributed by atoms with Gasteiger partial charge in [-0.15, -0.1) is 0 Å². The number of nitrogens with one attached hydrogen (secondary N) is 1. The molecule has 0 heterocycles. The van der Waals surface area contributed by atoms with Gasteiger partial charge in [-0.05, 0) is 18.6 Å². The monoisotopic (exact) mass is 251 g/mol. The summed E-state index contributed by atoms with van der Waals surface area (Å²) in [7, 11) is 2.78. The molecule has 1 unspecified atom stereocenters. The molecule has 0 saturated heterocycles. The Morgan fingerprint density at radius 3 is 2.50 bits per heavy atom. The van der Waals surface area contributed by atoms with Crippen LogP contribution in [0.25, 0.3) is 0 Å². The second kappa shape index (κ2) is 6.64. The van der Waals surface area contributed by atoms with Crippen molar-refractivity contribution in [3.05, 3.63) is 29.8 Å². The minimum atomic E-state index is -0.646. The SMILES string of the molecule is CCC(NC(=O)c1ccccc1OC)C(=O)OC. The maximum atomic E-state index is 12.0. The zero-order chi connectivity index (χ0) is 13.5. The zero-order valence-corrected chi connectivity index (χ0v) is 10.7. The molecule has 0 bridgehead atoms. The molecule has 5 nitrogen and oxygen atoms in total. The van der Waals surface area contributed by atoms with Crippen LogP contribution in [0.4, 0.5) is 0 Å². The van der Waals surface area contributed by atoms with Crippen LogP contribution in [0.3, 0.4) is 0 Å². The lowest BCUT2D eigenvalue weighted by atomic mass is 10.1. The summed E-state index contributed by atoms with van der Waals surface area (Å²) in [6, 6.07) is 6.18. The molecule has 0 aliphatic heterocycles. The Balaban J connectivity index is 2.84. The number of methoxy groups -OCH3 is 2. The summed E-state index contributed by atoms with van der Waals surface area (Å²) in [6.45, 7) is 1.80. The fraction of sp³-hybridized carbons (Fsp3) is 0.385. The van der Waals surface area contributed by atoms with E-state index in [2.05, 4.69) is 10.1 Å². The maximum absolute atomic E-state index is 12.0. The molecule has 0 aliphatic carbocycles. The Morgan fingerprint density at radius 2 is 1.94 bits per heavy atom. The van der Waals surface area contributed by atoms with Crippen molar-refractivity contribution >= 4 is 11.9 Å². The molecule has 1 aromatic rings. The molecule has 0 radical (unpaired) electrons. The Labute approximate surface area is 106 Å². The van der Waals surface area contributed by atoms with E-state index >= 15 is 0 Å². The maximum Gasteiger partial charge on any atom is 0.328 e. The van der Waals surface area contributed by atoms with Crippen molar-refractivity contribution < 1.29 is 19.1 Å². The van der Waals surface area contributed by atoms with Crippen LogP contribution < -0.4 is 10.1 Å². The van der Waals surface area contributed by atoms with E-state index in [0.29, 0.717) is 17.7 Å². The van der Waals surface area contributed by atoms with E-state index in [-0.39, 0.29) is 5.91 Å². The molecule has 0 aliphatic rings. The van der Waals surface area contributed by atoms with Crippen LogP contribution in [0, 0.1) is 0 Å². The lowest BCUT2D eigenvalue weighted by molar-refractivity contribution is -0.142. The van der Waals surface area contributed by atoms with Crippen LogP contribution in [-0.4, -0.2) is 32.1 Å². The fourth-order valence-electron chi connectivity index (χ4n) is 1.54. The predicted octanol–water partition coefficient (Wildman–Crippen LogP) is 1.38. The molecular formula is C13H17NO4. The van der Waals surface area contributed by atoms with E-state index in [1.807, 2.05) is 0 Å². The topological polar surface area (TPSA) is 64.6 Å². The standard InChI is InChI=1S/C13H17NO4/c1-4-10(13(16)18-3)14-12(15)9-7-5-6-8-11(9)17-2/h5-8,10H,4H2,1-3H3,(H,14,15). The molecule has 0 aromatic heterocycles. The fourth-order valence-corrected chi connectivity index (χ4v) is 1.54. The predicted molar refractivity (Wildman–Crippen MR) is 66.6 cm³/mol. The number of para-hydroxylation sites is 1. The largest absolute Gasteiger partial charge is 0.496 e. The van der Waals surface area contributed by atoms with Crippen molar-refractivity contribution in [3.8, 4) is 5.75 Å². The van der Waals surface area contributed by atoms with Gasteiger partial charge in [0.1, 0.15) is 11.8 Å². The van der Waals surface area contributed by atoms with E-state index in [4.69, 9.17) is 4.74 Å². The van der Waals surface area contributed by atoms with Crippen LogP contribution in [0.15, 0.2) is 24.3 Å². The average Bonchev–Trinajstić information content (AvgIpc) is 2.43. The van der Waals surface area contributed by atoms with Gasteiger partial charge in [-0.3, -0.25) is 4.79 Å². The number of carbonyl (C=O) groups is 2. The van der Waals surface area contributed by atoms with Gasteiger partial charge in [0, 0.05) is 0 Å². The molecule has 0 spiro atoms. The summed E-state index contributed by atoms with van der Waals surface area (Å²) in [6.07, 6.45) is 0.466. The third kappa shape index (κ3) is 3.23. The third-order valence-electron chi connectivity index (χ3n) is 2.55. The van der Waals surface area contributed by atoms with Gasteiger partial charge in [0.05, 0.1) is 19.8 Å². The lowest BCUT2D eigenvalue weighted by Gasteiger charge is -2.15. The van der Waals surface area contributed by atoms with Crippen molar-refractivity contribution in [2.45, 2.75) is 19.4 Å². The van der Waals surface area contributed by atoms with E-state index in [0.717, 1.165) is 0 Å². The number of ether oxygens (including phenoxy) is 2. The summed E-state index contributed by atoms with van der Waals surface area (Å²) in [5, 5.41) is 2.61. The first-order valence-electron chi connectivity index (χ1n) is 5.65. The highest BCUT2D eigenvalue weighted by molar-refractivity contribution is 5.99. The molecule has 98 valence electrons. The van der Waals surface area contributed by atoms with Crippen LogP contribution >= 0.6 is 0 Å². The minimum Gasteiger partial charge on any atom is -0.496 e. The van der Waals surface area contributed by atoms with Crippen LogP contribution in [0.2, 0.25) is 0 Å². The third-order valence-corrected chi connectivity index (χ3v) is 2.55. The van der Waals surface area contributed by atoms with Crippen LogP contribution in [0.1, 0.15) is 23.7 Å². The van der Waals surface area contributed by atoms with E-state index in [1.165, 1.54) is 14.2 Å². The summed E-state index contributed by atoms with van der Waals surface area (Å²) in [4.78, 5) is 23.4. The molecule has 1 amide bonds.